The molecule has 0 saturated carbocycles. The van der Waals surface area contributed by atoms with Gasteiger partial charge in [-0.05, 0) is 43.3 Å². The van der Waals surface area contributed by atoms with Gasteiger partial charge in [0.25, 0.3) is 5.91 Å². The lowest BCUT2D eigenvalue weighted by Crippen LogP contribution is -3.19. The number of piperazine rings is 1. The molecule has 0 bridgehead atoms. The molecule has 1 fully saturated rings. The van der Waals surface area contributed by atoms with Crippen molar-refractivity contribution in [1.82, 2.24) is 0 Å². The average Bonchev–Trinajstić information content (AvgIpc) is 2.73. The predicted octanol–water partition coefficient (Wildman–Crippen LogP) is 1.84. The molecule has 1 atom stereocenters. The number of nitrogens with zero attached hydrogens (tertiary/aromatic N) is 1. The Bertz CT molecular complexity index is 837. The van der Waals surface area contributed by atoms with E-state index in [1.807, 2.05) is 24.3 Å². The lowest BCUT2D eigenvalue weighted by Gasteiger charge is -2.36. The Hall–Kier alpha value is -2.74. The van der Waals surface area contributed by atoms with Crippen LogP contribution in [0.1, 0.15) is 6.92 Å². The van der Waals surface area contributed by atoms with E-state index in [-0.39, 0.29) is 5.69 Å². The summed E-state index contributed by atoms with van der Waals surface area (Å²) in [4.78, 5) is 15.7. The Labute approximate surface area is 161 Å². The fourth-order valence-corrected chi connectivity index (χ4v) is 3.33. The van der Waals surface area contributed by atoms with Crippen LogP contribution in [0.2, 0.25) is 0 Å². The lowest BCUT2D eigenvalue weighted by molar-refractivity contribution is -0.914. The highest BCUT2D eigenvalue weighted by molar-refractivity contribution is 5.93. The molecule has 5 nitrogen and oxygen atoms in total. The summed E-state index contributed by atoms with van der Waals surface area (Å²) in [6, 6.07) is 9.15. The van der Waals surface area contributed by atoms with E-state index >= 15 is 0 Å². The van der Waals surface area contributed by atoms with Crippen molar-refractivity contribution in [3.05, 3.63) is 53.8 Å². The highest BCUT2D eigenvalue weighted by Gasteiger charge is 2.30. The molecule has 150 valence electrons. The standard InChI is InChI=1S/C20H22F3N3O2/c1-13(20(27)24-17-8-7-16(21)18(22)19(17)23)25-9-11-26(12-10-25)14-3-5-15(28-2)6-4-14/h3-8,13H,9-12H2,1-2H3,(H,24,27)/p+1/t13-/m0/s1. The molecule has 28 heavy (non-hydrogen) atoms. The normalized spacial score (nSPS) is 16.0. The molecule has 8 heteroatoms. The van der Waals surface area contributed by atoms with E-state index in [4.69, 9.17) is 4.74 Å². The van der Waals surface area contributed by atoms with Gasteiger partial charge < -0.3 is 19.9 Å². The minimum Gasteiger partial charge on any atom is -0.497 e. The topological polar surface area (TPSA) is 46.0 Å². The molecule has 1 saturated heterocycles. The van der Waals surface area contributed by atoms with Crippen LogP contribution >= 0.6 is 0 Å². The van der Waals surface area contributed by atoms with Gasteiger partial charge in [-0.1, -0.05) is 0 Å². The summed E-state index contributed by atoms with van der Waals surface area (Å²) in [5, 5.41) is 2.36. The molecule has 3 rings (SSSR count). The molecule has 1 aliphatic rings. The molecule has 1 heterocycles. The molecule has 0 aliphatic carbocycles. The number of hydrogen-bond acceptors (Lipinski definition) is 3. The number of benzene rings is 2. The first-order chi connectivity index (χ1) is 13.4. The SMILES string of the molecule is COc1ccc(N2CC[NH+]([C@@H](C)C(=O)Nc3ccc(F)c(F)c3F)CC2)cc1. The smallest absolute Gasteiger partial charge is 0.282 e. The van der Waals surface area contributed by atoms with Crippen molar-refractivity contribution >= 4 is 17.3 Å². The van der Waals surface area contributed by atoms with Crippen LogP contribution in [-0.4, -0.2) is 45.2 Å². The maximum atomic E-state index is 13.8. The Morgan fingerprint density at radius 3 is 2.32 bits per heavy atom. The van der Waals surface area contributed by atoms with Crippen molar-refractivity contribution in [1.29, 1.82) is 0 Å². The summed E-state index contributed by atoms with van der Waals surface area (Å²) in [7, 11) is 1.62. The minimum atomic E-state index is -1.59. The molecule has 1 amide bonds. The van der Waals surface area contributed by atoms with Crippen molar-refractivity contribution in [3.63, 3.8) is 0 Å². The quantitative estimate of drug-likeness (QED) is 0.761. The molecule has 2 aromatic rings. The van der Waals surface area contributed by atoms with E-state index < -0.39 is 29.4 Å². The van der Waals surface area contributed by atoms with Crippen LogP contribution in [0.3, 0.4) is 0 Å². The maximum Gasteiger partial charge on any atom is 0.282 e. The zero-order chi connectivity index (χ0) is 20.3. The number of hydrogen-bond donors (Lipinski definition) is 2. The van der Waals surface area contributed by atoms with Gasteiger partial charge in [-0.25, -0.2) is 13.2 Å². The van der Waals surface area contributed by atoms with Gasteiger partial charge in [0.15, 0.2) is 23.5 Å². The third-order valence-corrected chi connectivity index (χ3v) is 5.14. The number of methoxy groups -OCH3 is 1. The minimum absolute atomic E-state index is 0.355. The third kappa shape index (κ3) is 4.22. The van der Waals surface area contributed by atoms with Gasteiger partial charge in [0, 0.05) is 5.69 Å². The maximum absolute atomic E-state index is 13.8. The number of nitrogens with one attached hydrogen (secondary N) is 2. The molecule has 0 radical (unpaired) electrons. The molecule has 2 N–H and O–H groups in total. The largest absolute Gasteiger partial charge is 0.497 e. The van der Waals surface area contributed by atoms with Crippen LogP contribution in [0.4, 0.5) is 24.5 Å². The van der Waals surface area contributed by atoms with E-state index in [9.17, 15) is 18.0 Å². The molecular formula is C20H23F3N3O2+. The van der Waals surface area contributed by atoms with E-state index in [0.29, 0.717) is 0 Å². The second kappa shape index (κ2) is 8.52. The van der Waals surface area contributed by atoms with Gasteiger partial charge >= 0.3 is 0 Å². The van der Waals surface area contributed by atoms with E-state index in [1.165, 1.54) is 0 Å². The summed E-state index contributed by atoms with van der Waals surface area (Å²) in [5.41, 5.74) is 0.729. The monoisotopic (exact) mass is 394 g/mol. The number of carbonyl (C=O) groups is 1. The fraction of sp³-hybridized carbons (Fsp3) is 0.350. The number of amides is 1. The Morgan fingerprint density at radius 1 is 1.07 bits per heavy atom. The summed E-state index contributed by atoms with van der Waals surface area (Å²) in [6.07, 6.45) is 0. The van der Waals surface area contributed by atoms with Gasteiger partial charge in [-0.2, -0.15) is 0 Å². The first-order valence-electron chi connectivity index (χ1n) is 9.08. The molecule has 0 unspecified atom stereocenters. The van der Waals surface area contributed by atoms with Crippen molar-refractivity contribution in [2.24, 2.45) is 0 Å². The van der Waals surface area contributed by atoms with Gasteiger partial charge in [0.1, 0.15) is 5.75 Å². The van der Waals surface area contributed by atoms with Crippen LogP contribution in [0.15, 0.2) is 36.4 Å². The molecular weight excluding hydrogens is 371 g/mol. The highest BCUT2D eigenvalue weighted by Crippen LogP contribution is 2.20. The van der Waals surface area contributed by atoms with Crippen LogP contribution < -0.4 is 19.9 Å². The number of halogens is 3. The van der Waals surface area contributed by atoms with E-state index in [2.05, 4.69) is 10.2 Å². The van der Waals surface area contributed by atoms with Crippen LogP contribution in [0.25, 0.3) is 0 Å². The van der Waals surface area contributed by atoms with Gasteiger partial charge in [-0.15, -0.1) is 0 Å². The van der Waals surface area contributed by atoms with Crippen LogP contribution in [0.5, 0.6) is 5.75 Å². The zero-order valence-corrected chi connectivity index (χ0v) is 15.8. The summed E-state index contributed by atoms with van der Waals surface area (Å²) < 4.78 is 45.3. The Balaban J connectivity index is 1.57. The summed E-state index contributed by atoms with van der Waals surface area (Å²) in [5.74, 6) is -3.91. The lowest BCUT2D eigenvalue weighted by atomic mass is 10.2. The second-order valence-electron chi connectivity index (χ2n) is 6.78. The van der Waals surface area contributed by atoms with Crippen molar-refractivity contribution in [2.45, 2.75) is 13.0 Å². The Morgan fingerprint density at radius 2 is 1.71 bits per heavy atom. The number of anilines is 2. The van der Waals surface area contributed by atoms with Crippen LogP contribution in [0, 0.1) is 17.5 Å². The van der Waals surface area contributed by atoms with E-state index in [0.717, 1.165) is 54.6 Å². The van der Waals surface area contributed by atoms with Crippen molar-refractivity contribution in [3.8, 4) is 5.75 Å². The van der Waals surface area contributed by atoms with Gasteiger partial charge in [0.05, 0.1) is 39.0 Å². The summed E-state index contributed by atoms with van der Waals surface area (Å²) >= 11 is 0. The summed E-state index contributed by atoms with van der Waals surface area (Å²) in [6.45, 7) is 4.71. The second-order valence-corrected chi connectivity index (χ2v) is 6.78. The fourth-order valence-electron chi connectivity index (χ4n) is 3.33. The zero-order valence-electron chi connectivity index (χ0n) is 15.8. The van der Waals surface area contributed by atoms with Crippen LogP contribution in [-0.2, 0) is 4.79 Å². The Kier molecular flexibility index (Phi) is 6.08. The molecule has 1 aliphatic heterocycles. The highest BCUT2D eigenvalue weighted by atomic mass is 19.2. The van der Waals surface area contributed by atoms with Crippen molar-refractivity contribution < 1.29 is 27.6 Å². The number of ether oxygens (including phenoxy) is 1. The number of carbonyl (C=O) groups excluding carboxylic acids is 1. The first kappa shape index (κ1) is 20.0. The van der Waals surface area contributed by atoms with Gasteiger partial charge in [-0.3, -0.25) is 4.79 Å². The third-order valence-electron chi connectivity index (χ3n) is 5.14. The van der Waals surface area contributed by atoms with E-state index in [1.54, 1.807) is 14.0 Å². The van der Waals surface area contributed by atoms with Gasteiger partial charge in [0.2, 0.25) is 0 Å². The predicted molar refractivity (Wildman–Crippen MR) is 100 cm³/mol. The number of quaternary nitrogens is 1. The molecule has 0 aromatic heterocycles. The first-order valence-corrected chi connectivity index (χ1v) is 9.08. The average molecular weight is 394 g/mol. The number of rotatable bonds is 5. The molecule has 2 aromatic carbocycles. The van der Waals surface area contributed by atoms with Crippen molar-refractivity contribution in [2.75, 3.05) is 43.5 Å². The molecule has 0 spiro atoms.